The van der Waals surface area contributed by atoms with Gasteiger partial charge in [0.1, 0.15) is 17.5 Å². The Morgan fingerprint density at radius 3 is 2.40 bits per heavy atom. The molecule has 3 aliphatic rings. The van der Waals surface area contributed by atoms with Gasteiger partial charge in [-0.15, -0.1) is 0 Å². The van der Waals surface area contributed by atoms with Crippen molar-refractivity contribution in [3.8, 4) is 16.9 Å². The van der Waals surface area contributed by atoms with Crippen molar-refractivity contribution in [2.75, 3.05) is 51.3 Å². The number of anilines is 1. The van der Waals surface area contributed by atoms with Crippen molar-refractivity contribution in [1.29, 1.82) is 0 Å². The lowest BCUT2D eigenvalue weighted by atomic mass is 9.98. The average Bonchev–Trinajstić information content (AvgIpc) is 3.84. The van der Waals surface area contributed by atoms with E-state index in [4.69, 9.17) is 26.2 Å². The van der Waals surface area contributed by atoms with Crippen molar-refractivity contribution in [3.05, 3.63) is 98.5 Å². The SMILES string of the molecule is Cc1cc(OCCCc2c(C(=O)O)n(CCN3CCOCC3)c3c(-c4c(C)nn(CCCNc5cccc6c5C(=O)N(C5CCC(=O)NC5=O)C6=O)c4C)cccc23)cc(C)c1Cl. The fourth-order valence-corrected chi connectivity index (χ4v) is 9.43. The number of nitrogens with one attached hydrogen (secondary N) is 2. The number of morpholine rings is 1. The van der Waals surface area contributed by atoms with Gasteiger partial charge in [0.25, 0.3) is 11.8 Å². The van der Waals surface area contributed by atoms with E-state index >= 15 is 0 Å². The largest absolute Gasteiger partial charge is 0.494 e. The average molecular weight is 878 g/mol. The standard InChI is InChI=1S/C47H52ClN7O8/c1-27-25-31(26-28(2)41(27)48)63-22-7-12-33-32-9-5-10-34(42(32)53(43(33)47(60)61)19-18-52-20-23-62-24-21-52)39-29(3)51-54(30(39)4)17-8-16-49-36-13-6-11-35-40(36)46(59)55(45(35)58)37-14-15-38(56)50-44(37)57/h5-6,9-11,13,25-26,37,49H,7-8,12,14-24H2,1-4H3,(H,60,61)(H,50,56,57). The van der Waals surface area contributed by atoms with Crippen LogP contribution in [0.4, 0.5) is 5.69 Å². The number of fused-ring (bicyclic) bond motifs is 2. The van der Waals surface area contributed by atoms with Crippen LogP contribution in [-0.4, -0.2) is 111 Å². The molecule has 5 aromatic rings. The lowest BCUT2D eigenvalue weighted by molar-refractivity contribution is -0.136. The molecule has 2 saturated heterocycles. The van der Waals surface area contributed by atoms with Gasteiger partial charge in [0.05, 0.1) is 42.2 Å². The zero-order valence-electron chi connectivity index (χ0n) is 36.0. The molecule has 5 heterocycles. The number of carbonyl (C=O) groups is 5. The number of carbonyl (C=O) groups excluding carboxylic acids is 4. The molecular formula is C47H52ClN7O8. The van der Waals surface area contributed by atoms with Crippen LogP contribution in [0, 0.1) is 27.7 Å². The Labute approximate surface area is 370 Å². The number of rotatable bonds is 16. The molecule has 2 fully saturated rings. The van der Waals surface area contributed by atoms with E-state index in [1.807, 2.05) is 67.3 Å². The number of amides is 4. The molecule has 1 unspecified atom stereocenters. The van der Waals surface area contributed by atoms with Crippen LogP contribution in [0.3, 0.4) is 0 Å². The van der Waals surface area contributed by atoms with E-state index in [9.17, 15) is 29.1 Å². The molecule has 4 amide bonds. The maximum Gasteiger partial charge on any atom is 0.352 e. The maximum atomic E-state index is 13.6. The Morgan fingerprint density at radius 1 is 0.937 bits per heavy atom. The van der Waals surface area contributed by atoms with E-state index in [0.717, 1.165) is 73.8 Å². The number of benzene rings is 3. The highest BCUT2D eigenvalue weighted by Crippen LogP contribution is 2.39. The summed E-state index contributed by atoms with van der Waals surface area (Å²) in [5, 5.41) is 23.0. The molecule has 0 bridgehead atoms. The second kappa shape index (κ2) is 18.4. The fraction of sp³-hybridized carbons (Fsp3) is 0.404. The quantitative estimate of drug-likeness (QED) is 0.0745. The van der Waals surface area contributed by atoms with Gasteiger partial charge in [-0.25, -0.2) is 4.79 Å². The summed E-state index contributed by atoms with van der Waals surface area (Å²) in [6.45, 7) is 13.3. The van der Waals surface area contributed by atoms with Gasteiger partial charge in [-0.05, 0) is 94.3 Å². The first-order chi connectivity index (χ1) is 30.3. The minimum absolute atomic E-state index is 0.0477. The smallest absolute Gasteiger partial charge is 0.352 e. The van der Waals surface area contributed by atoms with Crippen LogP contribution in [0.1, 0.15) is 85.0 Å². The number of carboxylic acid groups (broad SMARTS) is 1. The zero-order chi connectivity index (χ0) is 44.5. The highest BCUT2D eigenvalue weighted by atomic mass is 35.5. The summed E-state index contributed by atoms with van der Waals surface area (Å²) in [6.07, 6.45) is 1.86. The first-order valence-corrected chi connectivity index (χ1v) is 21.9. The summed E-state index contributed by atoms with van der Waals surface area (Å²) in [7, 11) is 0. The first kappa shape index (κ1) is 43.6. The number of imide groups is 2. The first-order valence-electron chi connectivity index (χ1n) is 21.5. The molecule has 3 aliphatic heterocycles. The van der Waals surface area contributed by atoms with E-state index in [-0.39, 0.29) is 29.7 Å². The molecule has 3 aromatic carbocycles. The van der Waals surface area contributed by atoms with Crippen LogP contribution in [-0.2, 0) is 33.8 Å². The maximum absolute atomic E-state index is 13.6. The summed E-state index contributed by atoms with van der Waals surface area (Å²) in [5.74, 6) is -2.44. The van der Waals surface area contributed by atoms with Crippen LogP contribution >= 0.6 is 11.6 Å². The molecule has 0 spiro atoms. The van der Waals surface area contributed by atoms with Crippen LogP contribution in [0.25, 0.3) is 22.0 Å². The lowest BCUT2D eigenvalue weighted by Gasteiger charge is -2.27. The number of para-hydroxylation sites is 1. The third-order valence-electron chi connectivity index (χ3n) is 12.4. The molecule has 0 aliphatic carbocycles. The second-order valence-corrected chi connectivity index (χ2v) is 16.9. The van der Waals surface area contributed by atoms with Gasteiger partial charge in [-0.2, -0.15) is 5.10 Å². The van der Waals surface area contributed by atoms with Crippen molar-refractivity contribution >= 4 is 57.8 Å². The number of hydrogen-bond donors (Lipinski definition) is 3. The van der Waals surface area contributed by atoms with Crippen LogP contribution < -0.4 is 15.4 Å². The predicted molar refractivity (Wildman–Crippen MR) is 238 cm³/mol. The monoisotopic (exact) mass is 877 g/mol. The fourth-order valence-electron chi connectivity index (χ4n) is 9.32. The molecular weight excluding hydrogens is 826 g/mol. The number of aromatic nitrogens is 3. The van der Waals surface area contributed by atoms with Gasteiger partial charge in [0.2, 0.25) is 11.8 Å². The number of piperidine rings is 1. The number of carboxylic acids is 1. The number of halogens is 1. The molecule has 2 aromatic heterocycles. The van der Waals surface area contributed by atoms with Gasteiger partial charge < -0.3 is 24.5 Å². The van der Waals surface area contributed by atoms with Gasteiger partial charge >= 0.3 is 5.97 Å². The molecule has 63 heavy (non-hydrogen) atoms. The third kappa shape index (κ3) is 8.56. The van der Waals surface area contributed by atoms with E-state index in [1.165, 1.54) is 0 Å². The number of ether oxygens (including phenoxy) is 2. The highest BCUT2D eigenvalue weighted by Gasteiger charge is 2.45. The van der Waals surface area contributed by atoms with Crippen molar-refractivity contribution < 1.29 is 38.6 Å². The van der Waals surface area contributed by atoms with Gasteiger partial charge in [0.15, 0.2) is 0 Å². The molecule has 0 saturated carbocycles. The molecule has 1 atom stereocenters. The summed E-state index contributed by atoms with van der Waals surface area (Å²) in [4.78, 5) is 67.8. The lowest BCUT2D eigenvalue weighted by Crippen LogP contribution is -2.54. The summed E-state index contributed by atoms with van der Waals surface area (Å²) < 4.78 is 15.7. The molecule has 3 N–H and O–H groups in total. The zero-order valence-corrected chi connectivity index (χ0v) is 36.8. The molecule has 16 heteroatoms. The van der Waals surface area contributed by atoms with Crippen molar-refractivity contribution in [2.45, 2.75) is 78.9 Å². The molecule has 330 valence electrons. The molecule has 8 rings (SSSR count). The van der Waals surface area contributed by atoms with E-state index in [0.29, 0.717) is 76.0 Å². The van der Waals surface area contributed by atoms with E-state index < -0.39 is 35.6 Å². The minimum atomic E-state index is -1.04. The normalized spacial score (nSPS) is 16.8. The van der Waals surface area contributed by atoms with E-state index in [1.54, 1.807) is 18.2 Å². The number of hydrogen-bond acceptors (Lipinski definition) is 10. The van der Waals surface area contributed by atoms with Crippen molar-refractivity contribution in [1.82, 2.24) is 29.5 Å². The van der Waals surface area contributed by atoms with Crippen LogP contribution in [0.5, 0.6) is 5.75 Å². The topological polar surface area (TPSA) is 177 Å². The van der Waals surface area contributed by atoms with Crippen molar-refractivity contribution in [2.24, 2.45) is 0 Å². The van der Waals surface area contributed by atoms with Gasteiger partial charge in [-0.1, -0.05) is 35.9 Å². The van der Waals surface area contributed by atoms with E-state index in [2.05, 4.69) is 15.5 Å². The Bertz CT molecular complexity index is 2620. The van der Waals surface area contributed by atoms with Gasteiger partial charge in [-0.3, -0.25) is 39.0 Å². The molecule has 15 nitrogen and oxygen atoms in total. The Balaban J connectivity index is 1.03. The Morgan fingerprint density at radius 2 is 1.67 bits per heavy atom. The van der Waals surface area contributed by atoms with Gasteiger partial charge in [0, 0.05) is 78.6 Å². The summed E-state index contributed by atoms with van der Waals surface area (Å²) in [5.41, 5.74) is 8.31. The predicted octanol–water partition coefficient (Wildman–Crippen LogP) is 6.34. The minimum Gasteiger partial charge on any atom is -0.494 e. The number of aromatic carboxylic acids is 1. The second-order valence-electron chi connectivity index (χ2n) is 16.5. The highest BCUT2D eigenvalue weighted by molar-refractivity contribution is 6.32. The number of aryl methyl sites for hydroxylation is 5. The Kier molecular flexibility index (Phi) is 12.7. The van der Waals surface area contributed by atoms with Crippen LogP contribution in [0.2, 0.25) is 5.02 Å². The molecule has 0 radical (unpaired) electrons. The number of nitrogens with zero attached hydrogens (tertiary/aromatic N) is 5. The van der Waals surface area contributed by atoms with Crippen LogP contribution in [0.15, 0.2) is 48.5 Å². The summed E-state index contributed by atoms with van der Waals surface area (Å²) >= 11 is 6.39. The Hall–Kier alpha value is -6.03. The summed E-state index contributed by atoms with van der Waals surface area (Å²) in [6, 6.07) is 13.9. The third-order valence-corrected chi connectivity index (χ3v) is 13.0. The van der Waals surface area contributed by atoms with Crippen molar-refractivity contribution in [3.63, 3.8) is 0 Å².